The zero-order valence-electron chi connectivity index (χ0n) is 9.54. The summed E-state index contributed by atoms with van der Waals surface area (Å²) in [7, 11) is 0. The van der Waals surface area contributed by atoms with Crippen LogP contribution < -0.4 is 11.3 Å². The van der Waals surface area contributed by atoms with Gasteiger partial charge in [-0.05, 0) is 12.8 Å². The molecule has 0 unspecified atom stereocenters. The predicted molar refractivity (Wildman–Crippen MR) is 60.5 cm³/mol. The van der Waals surface area contributed by atoms with Crippen LogP contribution in [0.2, 0.25) is 0 Å². The molecule has 15 heavy (non-hydrogen) atoms. The van der Waals surface area contributed by atoms with Gasteiger partial charge in [0.25, 0.3) is 0 Å². The number of hydrazine groups is 1. The summed E-state index contributed by atoms with van der Waals surface area (Å²) in [6.07, 6.45) is 2.41. The summed E-state index contributed by atoms with van der Waals surface area (Å²) in [6, 6.07) is 1.92. The Kier molecular flexibility index (Phi) is 2.38. The van der Waals surface area contributed by atoms with Crippen LogP contribution in [0.3, 0.4) is 0 Å². The minimum Gasteiger partial charge on any atom is -0.308 e. The summed E-state index contributed by atoms with van der Waals surface area (Å²) in [6.45, 7) is 6.44. The van der Waals surface area contributed by atoms with E-state index in [-0.39, 0.29) is 5.41 Å². The molecular formula is C11H18N4. The second-order valence-electron chi connectivity index (χ2n) is 5.17. The smallest absolute Gasteiger partial charge is 0.143 e. The van der Waals surface area contributed by atoms with E-state index < -0.39 is 0 Å². The van der Waals surface area contributed by atoms with Crippen LogP contribution in [0.4, 0.5) is 5.82 Å². The van der Waals surface area contributed by atoms with Crippen molar-refractivity contribution >= 4 is 5.82 Å². The molecule has 4 heteroatoms. The van der Waals surface area contributed by atoms with Gasteiger partial charge in [0.1, 0.15) is 11.6 Å². The molecule has 1 aliphatic rings. The standard InChI is InChI=1S/C11H18N4/c1-11(2,3)8-6-9(15-12)14-10(13-8)7-4-5-7/h6-7H,4-5,12H2,1-3H3,(H,13,14,15). The molecule has 0 saturated heterocycles. The lowest BCUT2D eigenvalue weighted by atomic mass is 9.92. The van der Waals surface area contributed by atoms with E-state index in [2.05, 4.69) is 36.2 Å². The van der Waals surface area contributed by atoms with E-state index in [4.69, 9.17) is 5.84 Å². The molecule has 0 atom stereocenters. The summed E-state index contributed by atoms with van der Waals surface area (Å²) in [5, 5.41) is 0. The maximum absolute atomic E-state index is 5.41. The van der Waals surface area contributed by atoms with Gasteiger partial charge in [0.15, 0.2) is 0 Å². The number of nitrogens with one attached hydrogen (secondary N) is 1. The lowest BCUT2D eigenvalue weighted by molar-refractivity contribution is 0.562. The highest BCUT2D eigenvalue weighted by molar-refractivity contribution is 5.37. The van der Waals surface area contributed by atoms with Gasteiger partial charge in [-0.2, -0.15) is 0 Å². The molecule has 1 saturated carbocycles. The Morgan fingerprint density at radius 1 is 1.33 bits per heavy atom. The highest BCUT2D eigenvalue weighted by atomic mass is 15.3. The van der Waals surface area contributed by atoms with Gasteiger partial charge in [0.2, 0.25) is 0 Å². The molecule has 1 heterocycles. The van der Waals surface area contributed by atoms with Gasteiger partial charge >= 0.3 is 0 Å². The van der Waals surface area contributed by atoms with Crippen molar-refractivity contribution in [2.75, 3.05) is 5.43 Å². The van der Waals surface area contributed by atoms with Crippen LogP contribution >= 0.6 is 0 Å². The molecule has 2 rings (SSSR count). The molecule has 1 aromatic heterocycles. The number of hydrogen-bond donors (Lipinski definition) is 2. The van der Waals surface area contributed by atoms with Gasteiger partial charge in [-0.3, -0.25) is 0 Å². The molecule has 82 valence electrons. The Bertz CT molecular complexity index is 363. The van der Waals surface area contributed by atoms with Crippen molar-refractivity contribution in [3.8, 4) is 0 Å². The molecule has 0 amide bonds. The van der Waals surface area contributed by atoms with E-state index >= 15 is 0 Å². The van der Waals surface area contributed by atoms with Crippen molar-refractivity contribution in [2.45, 2.75) is 44.9 Å². The minimum atomic E-state index is 0.0399. The topological polar surface area (TPSA) is 63.8 Å². The lowest BCUT2D eigenvalue weighted by Gasteiger charge is -2.19. The molecule has 3 N–H and O–H groups in total. The van der Waals surface area contributed by atoms with Crippen LogP contribution in [0.25, 0.3) is 0 Å². The van der Waals surface area contributed by atoms with Crippen molar-refractivity contribution < 1.29 is 0 Å². The van der Waals surface area contributed by atoms with E-state index in [9.17, 15) is 0 Å². The van der Waals surface area contributed by atoms with E-state index in [1.807, 2.05) is 6.07 Å². The number of aromatic nitrogens is 2. The van der Waals surface area contributed by atoms with Crippen molar-refractivity contribution in [1.82, 2.24) is 9.97 Å². The Hall–Kier alpha value is -1.16. The highest BCUT2D eigenvalue weighted by Gasteiger charge is 2.28. The van der Waals surface area contributed by atoms with Gasteiger partial charge in [-0.1, -0.05) is 20.8 Å². The van der Waals surface area contributed by atoms with Crippen molar-refractivity contribution in [3.63, 3.8) is 0 Å². The summed E-state index contributed by atoms with van der Waals surface area (Å²) >= 11 is 0. The summed E-state index contributed by atoms with van der Waals surface area (Å²) in [5.41, 5.74) is 3.70. The first-order valence-electron chi connectivity index (χ1n) is 5.37. The number of rotatable bonds is 2. The van der Waals surface area contributed by atoms with Crippen LogP contribution in [0, 0.1) is 0 Å². The fraction of sp³-hybridized carbons (Fsp3) is 0.636. The summed E-state index contributed by atoms with van der Waals surface area (Å²) in [4.78, 5) is 8.99. The first-order chi connectivity index (χ1) is 7.00. The third kappa shape index (κ3) is 2.26. The van der Waals surface area contributed by atoms with E-state index in [0.29, 0.717) is 5.92 Å². The third-order valence-electron chi connectivity index (χ3n) is 2.60. The minimum absolute atomic E-state index is 0.0399. The predicted octanol–water partition coefficient (Wildman–Crippen LogP) is 1.94. The number of hydrogen-bond acceptors (Lipinski definition) is 4. The van der Waals surface area contributed by atoms with E-state index in [1.165, 1.54) is 12.8 Å². The Balaban J connectivity index is 2.41. The number of nitrogens with zero attached hydrogens (tertiary/aromatic N) is 2. The van der Waals surface area contributed by atoms with Gasteiger partial charge in [0, 0.05) is 17.4 Å². The summed E-state index contributed by atoms with van der Waals surface area (Å²) < 4.78 is 0. The average Bonchev–Trinajstić information content (AvgIpc) is 2.99. The first-order valence-corrected chi connectivity index (χ1v) is 5.37. The van der Waals surface area contributed by atoms with Gasteiger partial charge < -0.3 is 5.43 Å². The lowest BCUT2D eigenvalue weighted by Crippen LogP contribution is -2.18. The monoisotopic (exact) mass is 206 g/mol. The molecule has 1 fully saturated rings. The van der Waals surface area contributed by atoms with E-state index in [1.54, 1.807) is 0 Å². The van der Waals surface area contributed by atoms with Crippen LogP contribution in [-0.2, 0) is 5.41 Å². The average molecular weight is 206 g/mol. The van der Waals surface area contributed by atoms with Crippen LogP contribution in [0.1, 0.15) is 51.0 Å². The van der Waals surface area contributed by atoms with Crippen molar-refractivity contribution in [3.05, 3.63) is 17.6 Å². The molecule has 0 aromatic carbocycles. The first kappa shape index (κ1) is 10.4. The molecule has 0 radical (unpaired) electrons. The second kappa shape index (κ2) is 3.45. The van der Waals surface area contributed by atoms with Crippen LogP contribution in [0.15, 0.2) is 6.07 Å². The molecular weight excluding hydrogens is 188 g/mol. The summed E-state index contributed by atoms with van der Waals surface area (Å²) in [5.74, 6) is 7.63. The SMILES string of the molecule is CC(C)(C)c1cc(NN)nc(C2CC2)n1. The van der Waals surface area contributed by atoms with Crippen LogP contribution in [0.5, 0.6) is 0 Å². The molecule has 0 aliphatic heterocycles. The largest absolute Gasteiger partial charge is 0.308 e. The van der Waals surface area contributed by atoms with Crippen LogP contribution in [-0.4, -0.2) is 9.97 Å². The zero-order chi connectivity index (χ0) is 11.1. The number of nitrogens with two attached hydrogens (primary N) is 1. The maximum Gasteiger partial charge on any atom is 0.143 e. The highest BCUT2D eigenvalue weighted by Crippen LogP contribution is 2.39. The zero-order valence-corrected chi connectivity index (χ0v) is 9.54. The van der Waals surface area contributed by atoms with Crippen molar-refractivity contribution in [2.24, 2.45) is 5.84 Å². The number of nitrogen functional groups attached to an aromatic ring is 1. The Labute approximate surface area is 90.3 Å². The fourth-order valence-electron chi connectivity index (χ4n) is 1.45. The fourth-order valence-corrected chi connectivity index (χ4v) is 1.45. The molecule has 0 bridgehead atoms. The Morgan fingerprint density at radius 2 is 2.00 bits per heavy atom. The Morgan fingerprint density at radius 3 is 2.47 bits per heavy atom. The van der Waals surface area contributed by atoms with Gasteiger partial charge in [-0.15, -0.1) is 0 Å². The quantitative estimate of drug-likeness (QED) is 0.573. The maximum atomic E-state index is 5.41. The third-order valence-corrected chi connectivity index (χ3v) is 2.60. The van der Waals surface area contributed by atoms with Crippen molar-refractivity contribution in [1.29, 1.82) is 0 Å². The molecule has 4 nitrogen and oxygen atoms in total. The number of anilines is 1. The van der Waals surface area contributed by atoms with Gasteiger partial charge in [-0.25, -0.2) is 15.8 Å². The van der Waals surface area contributed by atoms with E-state index in [0.717, 1.165) is 17.3 Å². The van der Waals surface area contributed by atoms with Gasteiger partial charge in [0.05, 0.1) is 5.69 Å². The second-order valence-corrected chi connectivity index (χ2v) is 5.17. The molecule has 1 aliphatic carbocycles. The molecule has 0 spiro atoms. The normalized spacial score (nSPS) is 16.5. The molecule has 1 aromatic rings.